The van der Waals surface area contributed by atoms with Gasteiger partial charge in [-0.25, -0.2) is 0 Å². The Labute approximate surface area is 134 Å². The van der Waals surface area contributed by atoms with Gasteiger partial charge in [0.2, 0.25) is 0 Å². The van der Waals surface area contributed by atoms with Gasteiger partial charge < -0.3 is 19.1 Å². The SMILES string of the molecule is CC(=O)OC1CC(CC(=O)[O-])CC(O[Si](C)(C)C(C)(C)C)C1. The highest BCUT2D eigenvalue weighted by molar-refractivity contribution is 6.74. The van der Waals surface area contributed by atoms with Crippen LogP contribution in [0.2, 0.25) is 18.1 Å². The molecule has 0 saturated heterocycles. The van der Waals surface area contributed by atoms with Crippen molar-refractivity contribution >= 4 is 20.3 Å². The molecule has 128 valence electrons. The zero-order chi connectivity index (χ0) is 17.1. The van der Waals surface area contributed by atoms with E-state index in [1.807, 2.05) is 0 Å². The molecule has 0 heterocycles. The fourth-order valence-corrected chi connectivity index (χ4v) is 4.13. The van der Waals surface area contributed by atoms with Crippen LogP contribution < -0.4 is 5.11 Å². The second-order valence-electron chi connectivity index (χ2n) is 7.88. The Morgan fingerprint density at radius 1 is 1.14 bits per heavy atom. The van der Waals surface area contributed by atoms with Crippen LogP contribution in [0.3, 0.4) is 0 Å². The molecule has 3 atom stereocenters. The van der Waals surface area contributed by atoms with E-state index in [4.69, 9.17) is 9.16 Å². The third-order valence-corrected chi connectivity index (χ3v) is 9.31. The standard InChI is InChI=1S/C16H30O5Si/c1-11(17)20-13-7-12(9-15(18)19)8-14(10-13)21-22(5,6)16(2,3)4/h12-14H,7-10H2,1-6H3,(H,18,19)/p-1. The van der Waals surface area contributed by atoms with Crippen molar-refractivity contribution in [3.8, 4) is 0 Å². The van der Waals surface area contributed by atoms with Crippen molar-refractivity contribution in [2.45, 2.75) is 83.7 Å². The quantitative estimate of drug-likeness (QED) is 0.571. The topological polar surface area (TPSA) is 75.7 Å². The minimum Gasteiger partial charge on any atom is -0.550 e. The maximum Gasteiger partial charge on any atom is 0.302 e. The van der Waals surface area contributed by atoms with Crippen LogP contribution in [-0.4, -0.2) is 32.5 Å². The fourth-order valence-electron chi connectivity index (χ4n) is 2.75. The molecule has 1 saturated carbocycles. The van der Waals surface area contributed by atoms with E-state index >= 15 is 0 Å². The van der Waals surface area contributed by atoms with Crippen molar-refractivity contribution in [3.05, 3.63) is 0 Å². The van der Waals surface area contributed by atoms with E-state index in [2.05, 4.69) is 33.9 Å². The van der Waals surface area contributed by atoms with Gasteiger partial charge in [-0.05, 0) is 43.3 Å². The van der Waals surface area contributed by atoms with Gasteiger partial charge in [-0.2, -0.15) is 0 Å². The summed E-state index contributed by atoms with van der Waals surface area (Å²) in [5.41, 5.74) is 0. The van der Waals surface area contributed by atoms with Gasteiger partial charge in [-0.3, -0.25) is 4.79 Å². The molecule has 1 aliphatic rings. The van der Waals surface area contributed by atoms with Crippen molar-refractivity contribution in [1.29, 1.82) is 0 Å². The summed E-state index contributed by atoms with van der Waals surface area (Å²) in [4.78, 5) is 22.1. The number of carbonyl (C=O) groups excluding carboxylic acids is 2. The summed E-state index contributed by atoms with van der Waals surface area (Å²) in [7, 11) is -1.93. The Bertz CT molecular complexity index is 389. The third kappa shape index (κ3) is 5.72. The van der Waals surface area contributed by atoms with E-state index in [0.717, 1.165) is 0 Å². The average molecular weight is 329 g/mol. The van der Waals surface area contributed by atoms with Gasteiger partial charge in [0.05, 0.1) is 0 Å². The van der Waals surface area contributed by atoms with Crippen molar-refractivity contribution in [2.75, 3.05) is 0 Å². The number of aliphatic carboxylic acids is 1. The van der Waals surface area contributed by atoms with Crippen LogP contribution in [0.4, 0.5) is 0 Å². The number of rotatable bonds is 5. The van der Waals surface area contributed by atoms with Crippen LogP contribution in [0.15, 0.2) is 0 Å². The number of hydrogen-bond acceptors (Lipinski definition) is 5. The van der Waals surface area contributed by atoms with Crippen LogP contribution in [0.1, 0.15) is 53.4 Å². The largest absolute Gasteiger partial charge is 0.550 e. The Balaban J connectivity index is 2.79. The molecule has 0 aromatic rings. The summed E-state index contributed by atoms with van der Waals surface area (Å²) >= 11 is 0. The number of carboxylic acid groups (broad SMARTS) is 1. The van der Waals surface area contributed by atoms with Crippen molar-refractivity contribution in [1.82, 2.24) is 0 Å². The van der Waals surface area contributed by atoms with E-state index in [9.17, 15) is 14.7 Å². The number of carboxylic acids is 1. The lowest BCUT2D eigenvalue weighted by atomic mass is 9.83. The molecule has 0 radical (unpaired) electrons. The van der Waals surface area contributed by atoms with Crippen LogP contribution in [-0.2, 0) is 18.8 Å². The molecule has 1 aliphatic carbocycles. The predicted molar refractivity (Wildman–Crippen MR) is 84.6 cm³/mol. The monoisotopic (exact) mass is 329 g/mol. The molecule has 0 amide bonds. The van der Waals surface area contributed by atoms with Gasteiger partial charge in [0.1, 0.15) is 6.10 Å². The first-order chi connectivity index (χ1) is 9.90. The summed E-state index contributed by atoms with van der Waals surface area (Å²) < 4.78 is 11.7. The van der Waals surface area contributed by atoms with Crippen molar-refractivity contribution < 1.29 is 23.9 Å². The molecule has 0 aromatic carbocycles. The molecule has 3 unspecified atom stereocenters. The molecular formula is C16H29O5Si-. The van der Waals surface area contributed by atoms with Crippen molar-refractivity contribution in [3.63, 3.8) is 0 Å². The summed E-state index contributed by atoms with van der Waals surface area (Å²) in [5.74, 6) is -1.44. The minimum absolute atomic E-state index is 0.00483. The highest BCUT2D eigenvalue weighted by Crippen LogP contribution is 2.40. The van der Waals surface area contributed by atoms with E-state index in [0.29, 0.717) is 19.3 Å². The lowest BCUT2D eigenvalue weighted by Crippen LogP contribution is -2.47. The van der Waals surface area contributed by atoms with Crippen LogP contribution in [0.5, 0.6) is 0 Å². The minimum atomic E-state index is -1.93. The second-order valence-corrected chi connectivity index (χ2v) is 12.6. The van der Waals surface area contributed by atoms with Gasteiger partial charge in [-0.15, -0.1) is 0 Å². The van der Waals surface area contributed by atoms with Gasteiger partial charge in [-0.1, -0.05) is 20.8 Å². The van der Waals surface area contributed by atoms with Crippen LogP contribution in [0, 0.1) is 5.92 Å². The first kappa shape index (κ1) is 19.2. The van der Waals surface area contributed by atoms with E-state index in [1.165, 1.54) is 6.92 Å². The number of ether oxygens (including phenoxy) is 1. The zero-order valence-electron chi connectivity index (χ0n) is 14.6. The normalized spacial score (nSPS) is 26.5. The molecule has 0 N–H and O–H groups in total. The predicted octanol–water partition coefficient (Wildman–Crippen LogP) is 2.25. The lowest BCUT2D eigenvalue weighted by Gasteiger charge is -2.43. The van der Waals surface area contributed by atoms with Gasteiger partial charge in [0.25, 0.3) is 0 Å². The smallest absolute Gasteiger partial charge is 0.302 e. The van der Waals surface area contributed by atoms with Gasteiger partial charge in [0.15, 0.2) is 8.32 Å². The van der Waals surface area contributed by atoms with E-state index in [-0.39, 0.29) is 35.6 Å². The maximum atomic E-state index is 11.2. The summed E-state index contributed by atoms with van der Waals surface area (Å²) in [6.07, 6.45) is 1.60. The molecule has 1 fully saturated rings. The molecule has 0 aromatic heterocycles. The van der Waals surface area contributed by atoms with E-state index in [1.54, 1.807) is 0 Å². The number of carbonyl (C=O) groups is 2. The molecule has 0 bridgehead atoms. The lowest BCUT2D eigenvalue weighted by molar-refractivity contribution is -0.307. The summed E-state index contributed by atoms with van der Waals surface area (Å²) in [6.45, 7) is 12.2. The maximum absolute atomic E-state index is 11.2. The summed E-state index contributed by atoms with van der Waals surface area (Å²) in [5, 5.41) is 11.0. The molecule has 6 heteroatoms. The zero-order valence-corrected chi connectivity index (χ0v) is 15.6. The van der Waals surface area contributed by atoms with Crippen molar-refractivity contribution in [2.24, 2.45) is 5.92 Å². The molecule has 0 aliphatic heterocycles. The molecule has 0 spiro atoms. The third-order valence-electron chi connectivity index (χ3n) is 4.77. The Morgan fingerprint density at radius 2 is 1.68 bits per heavy atom. The number of hydrogen-bond donors (Lipinski definition) is 0. The highest BCUT2D eigenvalue weighted by atomic mass is 28.4. The van der Waals surface area contributed by atoms with Gasteiger partial charge in [0, 0.05) is 25.4 Å². The Hall–Kier alpha value is -0.883. The highest BCUT2D eigenvalue weighted by Gasteiger charge is 2.41. The number of esters is 1. The molecule has 1 rings (SSSR count). The average Bonchev–Trinajstić information content (AvgIpc) is 2.23. The molecule has 5 nitrogen and oxygen atoms in total. The first-order valence-corrected chi connectivity index (χ1v) is 10.9. The second kappa shape index (κ2) is 7.13. The van der Waals surface area contributed by atoms with E-state index < -0.39 is 14.3 Å². The van der Waals surface area contributed by atoms with Crippen LogP contribution in [0.25, 0.3) is 0 Å². The molecular weight excluding hydrogens is 300 g/mol. The van der Waals surface area contributed by atoms with Gasteiger partial charge >= 0.3 is 5.97 Å². The Kier molecular flexibility index (Phi) is 6.21. The Morgan fingerprint density at radius 3 is 2.14 bits per heavy atom. The molecule has 22 heavy (non-hydrogen) atoms. The summed E-state index contributed by atoms with van der Waals surface area (Å²) in [6, 6.07) is 0. The first-order valence-electron chi connectivity index (χ1n) is 7.95. The fraction of sp³-hybridized carbons (Fsp3) is 0.875. The van der Waals surface area contributed by atoms with Crippen LogP contribution >= 0.6 is 0 Å².